The Hall–Kier alpha value is -1.88. The number of carboxylic acids is 1. The summed E-state index contributed by atoms with van der Waals surface area (Å²) in [5.74, 6) is -0.921. The van der Waals surface area contributed by atoms with Crippen molar-refractivity contribution in [2.24, 2.45) is 0 Å². The molecule has 1 aromatic rings. The number of hydrogen-bond acceptors (Lipinski definition) is 3. The molecule has 0 atom stereocenters. The van der Waals surface area contributed by atoms with Crippen molar-refractivity contribution < 1.29 is 14.7 Å². The minimum atomic E-state index is -0.941. The van der Waals surface area contributed by atoms with Gasteiger partial charge in [-0.25, -0.2) is 4.79 Å². The van der Waals surface area contributed by atoms with Gasteiger partial charge in [0.2, 0.25) is 5.91 Å². The number of amides is 1. The first-order valence-electron chi connectivity index (χ1n) is 5.61. The molecule has 0 spiro atoms. The van der Waals surface area contributed by atoms with Crippen molar-refractivity contribution >= 4 is 11.9 Å². The van der Waals surface area contributed by atoms with Crippen LogP contribution in [-0.2, 0) is 11.3 Å². The van der Waals surface area contributed by atoms with Crippen LogP contribution in [0.5, 0.6) is 0 Å². The van der Waals surface area contributed by atoms with Crippen LogP contribution < -0.4 is 0 Å². The zero-order valence-electron chi connectivity index (χ0n) is 10.9. The maximum absolute atomic E-state index is 11.5. The summed E-state index contributed by atoms with van der Waals surface area (Å²) in [6.07, 6.45) is 0. The number of carboxylic acid groups (broad SMARTS) is 1. The Morgan fingerprint density at radius 3 is 2.44 bits per heavy atom. The molecular weight excluding hydrogens is 232 g/mol. The molecule has 0 heterocycles. The highest BCUT2D eigenvalue weighted by Gasteiger charge is 2.10. The molecule has 1 N–H and O–H groups in total. The zero-order valence-corrected chi connectivity index (χ0v) is 10.9. The van der Waals surface area contributed by atoms with E-state index in [9.17, 15) is 9.59 Å². The highest BCUT2D eigenvalue weighted by atomic mass is 16.4. The molecular formula is C13H18N2O3. The molecule has 18 heavy (non-hydrogen) atoms. The van der Waals surface area contributed by atoms with Crippen LogP contribution >= 0.6 is 0 Å². The Morgan fingerprint density at radius 1 is 1.22 bits per heavy atom. The second-order valence-corrected chi connectivity index (χ2v) is 4.47. The molecule has 0 unspecified atom stereocenters. The van der Waals surface area contributed by atoms with E-state index in [1.54, 1.807) is 32.3 Å². The van der Waals surface area contributed by atoms with Crippen molar-refractivity contribution in [1.29, 1.82) is 0 Å². The summed E-state index contributed by atoms with van der Waals surface area (Å²) in [5, 5.41) is 8.89. The van der Waals surface area contributed by atoms with Gasteiger partial charge in [0.05, 0.1) is 12.1 Å². The lowest BCUT2D eigenvalue weighted by Crippen LogP contribution is -2.34. The van der Waals surface area contributed by atoms with E-state index in [0.29, 0.717) is 13.1 Å². The van der Waals surface area contributed by atoms with E-state index in [1.807, 2.05) is 18.0 Å². The van der Waals surface area contributed by atoms with E-state index < -0.39 is 5.97 Å². The smallest absolute Gasteiger partial charge is 0.335 e. The molecule has 5 nitrogen and oxygen atoms in total. The largest absolute Gasteiger partial charge is 0.478 e. The van der Waals surface area contributed by atoms with Gasteiger partial charge in [0, 0.05) is 20.6 Å². The topological polar surface area (TPSA) is 60.9 Å². The maximum atomic E-state index is 11.5. The average molecular weight is 250 g/mol. The van der Waals surface area contributed by atoms with Crippen LogP contribution in [0.25, 0.3) is 0 Å². The quantitative estimate of drug-likeness (QED) is 0.843. The van der Waals surface area contributed by atoms with Crippen molar-refractivity contribution in [2.45, 2.75) is 6.54 Å². The van der Waals surface area contributed by atoms with E-state index in [0.717, 1.165) is 5.56 Å². The van der Waals surface area contributed by atoms with Gasteiger partial charge in [-0.2, -0.15) is 0 Å². The molecule has 0 aliphatic carbocycles. The molecule has 0 saturated heterocycles. The number of benzene rings is 1. The van der Waals surface area contributed by atoms with Crippen LogP contribution in [0.1, 0.15) is 15.9 Å². The Balaban J connectivity index is 2.64. The average Bonchev–Trinajstić information content (AvgIpc) is 2.28. The third kappa shape index (κ3) is 4.18. The Labute approximate surface area is 107 Å². The summed E-state index contributed by atoms with van der Waals surface area (Å²) in [6, 6.07) is 6.74. The van der Waals surface area contributed by atoms with Gasteiger partial charge in [-0.05, 0) is 24.7 Å². The van der Waals surface area contributed by atoms with Crippen molar-refractivity contribution in [2.75, 3.05) is 27.7 Å². The summed E-state index contributed by atoms with van der Waals surface area (Å²) in [7, 11) is 5.25. The van der Waals surface area contributed by atoms with E-state index >= 15 is 0 Å². The minimum Gasteiger partial charge on any atom is -0.478 e. The Bertz CT molecular complexity index is 444. The van der Waals surface area contributed by atoms with Crippen LogP contribution in [0.2, 0.25) is 0 Å². The van der Waals surface area contributed by atoms with Crippen LogP contribution in [0.15, 0.2) is 24.3 Å². The van der Waals surface area contributed by atoms with Crippen LogP contribution in [0, 0.1) is 0 Å². The van der Waals surface area contributed by atoms with Gasteiger partial charge in [0.1, 0.15) is 0 Å². The molecule has 0 aliphatic rings. The zero-order chi connectivity index (χ0) is 13.7. The van der Waals surface area contributed by atoms with Crippen LogP contribution in [0.4, 0.5) is 0 Å². The second-order valence-electron chi connectivity index (χ2n) is 4.47. The van der Waals surface area contributed by atoms with Gasteiger partial charge in [-0.15, -0.1) is 0 Å². The number of nitrogens with zero attached hydrogens (tertiary/aromatic N) is 2. The third-order valence-corrected chi connectivity index (χ3v) is 2.53. The monoisotopic (exact) mass is 250 g/mol. The van der Waals surface area contributed by atoms with E-state index in [1.165, 1.54) is 4.90 Å². The summed E-state index contributed by atoms with van der Waals surface area (Å²) in [6.45, 7) is 0.852. The Kier molecular flexibility index (Phi) is 4.85. The van der Waals surface area contributed by atoms with E-state index in [4.69, 9.17) is 5.11 Å². The van der Waals surface area contributed by atoms with Gasteiger partial charge in [-0.3, -0.25) is 9.69 Å². The molecule has 0 bridgehead atoms. The van der Waals surface area contributed by atoms with Crippen LogP contribution in [0.3, 0.4) is 0 Å². The molecule has 98 valence electrons. The predicted octanol–water partition coefficient (Wildman–Crippen LogP) is 0.905. The van der Waals surface area contributed by atoms with Crippen molar-refractivity contribution in [1.82, 2.24) is 9.80 Å². The molecule has 0 aliphatic heterocycles. The van der Waals surface area contributed by atoms with Crippen molar-refractivity contribution in [3.63, 3.8) is 0 Å². The molecule has 1 rings (SSSR count). The lowest BCUT2D eigenvalue weighted by Gasteiger charge is -2.19. The molecule has 0 radical (unpaired) electrons. The van der Waals surface area contributed by atoms with Gasteiger partial charge in [-0.1, -0.05) is 12.1 Å². The predicted molar refractivity (Wildman–Crippen MR) is 68.4 cm³/mol. The first-order chi connectivity index (χ1) is 8.40. The first kappa shape index (κ1) is 14.2. The fourth-order valence-corrected chi connectivity index (χ4v) is 1.54. The number of rotatable bonds is 5. The summed E-state index contributed by atoms with van der Waals surface area (Å²) in [4.78, 5) is 25.7. The Morgan fingerprint density at radius 2 is 1.89 bits per heavy atom. The standard InChI is InChI=1S/C13H18N2O3/c1-14(2)12(16)9-15(3)8-10-5-4-6-11(7-10)13(17)18/h4-7H,8-9H2,1-3H3,(H,17,18). The molecule has 5 heteroatoms. The fourth-order valence-electron chi connectivity index (χ4n) is 1.54. The molecule has 1 amide bonds. The molecule has 0 saturated carbocycles. The SMILES string of the molecule is CN(CC(=O)N(C)C)Cc1cccc(C(=O)O)c1. The van der Waals surface area contributed by atoms with E-state index in [2.05, 4.69) is 0 Å². The summed E-state index contributed by atoms with van der Waals surface area (Å²) < 4.78 is 0. The second kappa shape index (κ2) is 6.16. The lowest BCUT2D eigenvalue weighted by molar-refractivity contribution is -0.129. The lowest BCUT2D eigenvalue weighted by atomic mass is 10.1. The fraction of sp³-hybridized carbons (Fsp3) is 0.385. The number of aromatic carboxylic acids is 1. The normalized spacial score (nSPS) is 10.4. The first-order valence-corrected chi connectivity index (χ1v) is 5.61. The van der Waals surface area contributed by atoms with Gasteiger partial charge in [0.25, 0.3) is 0 Å². The number of hydrogen-bond donors (Lipinski definition) is 1. The van der Waals surface area contributed by atoms with Crippen molar-refractivity contribution in [3.8, 4) is 0 Å². The summed E-state index contributed by atoms with van der Waals surface area (Å²) in [5.41, 5.74) is 1.14. The molecule has 0 fully saturated rings. The summed E-state index contributed by atoms with van der Waals surface area (Å²) >= 11 is 0. The number of carbonyl (C=O) groups excluding carboxylic acids is 1. The van der Waals surface area contributed by atoms with Gasteiger partial charge in [0.15, 0.2) is 0 Å². The third-order valence-electron chi connectivity index (χ3n) is 2.53. The van der Waals surface area contributed by atoms with E-state index in [-0.39, 0.29) is 11.5 Å². The van der Waals surface area contributed by atoms with Crippen molar-refractivity contribution in [3.05, 3.63) is 35.4 Å². The molecule has 0 aromatic heterocycles. The van der Waals surface area contributed by atoms with Crippen LogP contribution in [-0.4, -0.2) is 54.5 Å². The molecule has 1 aromatic carbocycles. The number of likely N-dealkylation sites (N-methyl/N-ethyl adjacent to an activating group) is 2. The minimum absolute atomic E-state index is 0.0203. The number of carbonyl (C=O) groups is 2. The highest BCUT2D eigenvalue weighted by Crippen LogP contribution is 2.07. The van der Waals surface area contributed by atoms with Gasteiger partial charge < -0.3 is 10.0 Å². The van der Waals surface area contributed by atoms with Gasteiger partial charge >= 0.3 is 5.97 Å². The maximum Gasteiger partial charge on any atom is 0.335 e. The highest BCUT2D eigenvalue weighted by molar-refractivity contribution is 5.87.